The summed E-state index contributed by atoms with van der Waals surface area (Å²) in [6, 6.07) is 18.4. The number of carbonyl (C=O) groups is 3. The van der Waals surface area contributed by atoms with E-state index in [2.05, 4.69) is 32.3 Å². The average Bonchev–Trinajstić information content (AvgIpc) is 3.45. The Morgan fingerprint density at radius 2 is 1.81 bits per heavy atom. The van der Waals surface area contributed by atoms with E-state index in [1.54, 1.807) is 49.7 Å². The van der Waals surface area contributed by atoms with E-state index in [-0.39, 0.29) is 31.4 Å². The van der Waals surface area contributed by atoms with Gasteiger partial charge in [-0.05, 0) is 68.3 Å². The third kappa shape index (κ3) is 10.1. The van der Waals surface area contributed by atoms with Crippen molar-refractivity contribution in [3.8, 4) is 0 Å². The van der Waals surface area contributed by atoms with Crippen LogP contribution in [0.1, 0.15) is 74.6 Å². The molecule has 0 aliphatic rings. The molecule has 0 aliphatic heterocycles. The molecule has 248 valence electrons. The van der Waals surface area contributed by atoms with E-state index in [0.717, 1.165) is 48.3 Å². The largest absolute Gasteiger partial charge is 0.466 e. The highest BCUT2D eigenvalue weighted by Crippen LogP contribution is 2.22. The third-order valence-electron chi connectivity index (χ3n) is 7.37. The average molecular weight is 642 g/mol. The summed E-state index contributed by atoms with van der Waals surface area (Å²) in [5.74, 6) is 0.619. The van der Waals surface area contributed by atoms with Gasteiger partial charge in [-0.25, -0.2) is 20.2 Å². The summed E-state index contributed by atoms with van der Waals surface area (Å²) in [6.45, 7) is 7.89. The number of nitrogens with zero attached hydrogens (tertiary/aromatic N) is 5. The van der Waals surface area contributed by atoms with Crippen molar-refractivity contribution >= 4 is 46.7 Å². The number of fused-ring (bicyclic) bond motifs is 1. The molecule has 4 rings (SSSR count). The predicted octanol–water partition coefficient (Wildman–Crippen LogP) is 6.30. The van der Waals surface area contributed by atoms with Crippen molar-refractivity contribution in [3.63, 3.8) is 0 Å². The Hall–Kier alpha value is -5.26. The second kappa shape index (κ2) is 18.0. The zero-order chi connectivity index (χ0) is 33.4. The van der Waals surface area contributed by atoms with E-state index in [1.807, 2.05) is 37.3 Å². The van der Waals surface area contributed by atoms with Crippen molar-refractivity contribution in [3.05, 3.63) is 83.8 Å². The molecule has 4 aromatic rings. The summed E-state index contributed by atoms with van der Waals surface area (Å²) in [4.78, 5) is 48.2. The number of aromatic nitrogens is 3. The highest BCUT2D eigenvalue weighted by atomic mass is 16.6. The van der Waals surface area contributed by atoms with Gasteiger partial charge in [0.1, 0.15) is 11.6 Å². The molecule has 12 nitrogen and oxygen atoms in total. The molecule has 2 aromatic heterocycles. The molecule has 0 saturated heterocycles. The minimum atomic E-state index is -0.564. The van der Waals surface area contributed by atoms with Crippen molar-refractivity contribution in [2.75, 3.05) is 30.0 Å². The molecule has 47 heavy (non-hydrogen) atoms. The Balaban J connectivity index is 1.39. The van der Waals surface area contributed by atoms with Crippen molar-refractivity contribution < 1.29 is 23.9 Å². The van der Waals surface area contributed by atoms with E-state index >= 15 is 0 Å². The quantitative estimate of drug-likeness (QED) is 0.0592. The second-order valence-corrected chi connectivity index (χ2v) is 10.7. The monoisotopic (exact) mass is 641 g/mol. The molecule has 0 radical (unpaired) electrons. The van der Waals surface area contributed by atoms with E-state index in [1.165, 1.54) is 4.90 Å². The van der Waals surface area contributed by atoms with Crippen LogP contribution in [-0.2, 0) is 27.4 Å². The van der Waals surface area contributed by atoms with Gasteiger partial charge in [0.15, 0.2) is 0 Å². The molecule has 0 unspecified atom stereocenters. The molecule has 2 amide bonds. The van der Waals surface area contributed by atoms with Crippen LogP contribution in [0.4, 0.5) is 16.3 Å². The Bertz CT molecular complexity index is 1640. The number of hydrogen-bond donors (Lipinski definition) is 2. The van der Waals surface area contributed by atoms with Crippen LogP contribution in [0, 0.1) is 0 Å². The van der Waals surface area contributed by atoms with Crippen LogP contribution < -0.4 is 15.6 Å². The van der Waals surface area contributed by atoms with E-state index in [0.29, 0.717) is 36.6 Å². The lowest BCUT2D eigenvalue weighted by atomic mass is 10.1. The fraction of sp³-hybridized carbons (Fsp3) is 0.371. The summed E-state index contributed by atoms with van der Waals surface area (Å²) in [5.41, 5.74) is 6.14. The van der Waals surface area contributed by atoms with Gasteiger partial charge in [-0.1, -0.05) is 44.4 Å². The first-order chi connectivity index (χ1) is 22.9. The Morgan fingerprint density at radius 1 is 0.979 bits per heavy atom. The van der Waals surface area contributed by atoms with Crippen molar-refractivity contribution in [1.82, 2.24) is 20.0 Å². The van der Waals surface area contributed by atoms with Gasteiger partial charge in [0.25, 0.3) is 5.91 Å². The number of hydrazone groups is 1. The fourth-order valence-corrected chi connectivity index (χ4v) is 4.98. The van der Waals surface area contributed by atoms with E-state index < -0.39 is 6.09 Å². The minimum absolute atomic E-state index is 0.0528. The number of carbonyl (C=O) groups excluding carboxylic acids is 3. The molecule has 0 bridgehead atoms. The summed E-state index contributed by atoms with van der Waals surface area (Å²) < 4.78 is 12.3. The van der Waals surface area contributed by atoms with Crippen LogP contribution in [-0.4, -0.2) is 58.5 Å². The lowest BCUT2D eigenvalue weighted by Gasteiger charge is -2.21. The number of imidazole rings is 1. The number of hydrogen-bond acceptors (Lipinski definition) is 9. The lowest BCUT2D eigenvalue weighted by molar-refractivity contribution is -0.142. The number of pyridine rings is 1. The second-order valence-electron chi connectivity index (χ2n) is 10.7. The molecule has 0 saturated carbocycles. The molecule has 2 heterocycles. The number of esters is 1. The zero-order valence-corrected chi connectivity index (χ0v) is 27.3. The summed E-state index contributed by atoms with van der Waals surface area (Å²) in [7, 11) is 0. The molecular weight excluding hydrogens is 598 g/mol. The SMILES string of the molecule is CCCCCCOC(=O)NN=Cc1ccc(NCc2nc3cc(C(=O)N(CCC(=O)OCC)c4ccccn4)ccc3n2CC)cc1. The minimum Gasteiger partial charge on any atom is -0.466 e. The Kier molecular flexibility index (Phi) is 13.3. The smallest absolute Gasteiger partial charge is 0.427 e. The number of anilines is 2. The standard InChI is InChI=1S/C35H43N7O5/c1-4-7-8-11-22-47-35(45)40-38-24-26-13-16-28(17-14-26)37-25-32-39-29-23-27(15-18-30(29)41(32)5-2)34(44)42(21-19-33(43)46-6-3)31-12-9-10-20-36-31/h9-10,12-18,20,23-24,37H,4-8,11,19,21-22,25H2,1-3H3,(H,40,45). The van der Waals surface area contributed by atoms with Crippen LogP contribution in [0.5, 0.6) is 0 Å². The molecule has 12 heteroatoms. The van der Waals surface area contributed by atoms with Crippen molar-refractivity contribution in [2.45, 2.75) is 66.0 Å². The lowest BCUT2D eigenvalue weighted by Crippen LogP contribution is -2.34. The highest BCUT2D eigenvalue weighted by Gasteiger charge is 2.21. The van der Waals surface area contributed by atoms with Gasteiger partial charge in [-0.2, -0.15) is 5.10 Å². The van der Waals surface area contributed by atoms with Gasteiger partial charge in [-0.15, -0.1) is 0 Å². The molecule has 0 fully saturated rings. The fourth-order valence-electron chi connectivity index (χ4n) is 4.98. The number of ether oxygens (including phenoxy) is 2. The summed E-state index contributed by atoms with van der Waals surface area (Å²) in [5, 5.41) is 7.37. The third-order valence-corrected chi connectivity index (χ3v) is 7.37. The van der Waals surface area contributed by atoms with Gasteiger partial charge in [0, 0.05) is 30.5 Å². The van der Waals surface area contributed by atoms with Crippen LogP contribution in [0.25, 0.3) is 11.0 Å². The van der Waals surface area contributed by atoms with Crippen LogP contribution in [0.3, 0.4) is 0 Å². The molecular formula is C35H43N7O5. The molecule has 0 atom stereocenters. The first-order valence-corrected chi connectivity index (χ1v) is 16.1. The van der Waals surface area contributed by atoms with Gasteiger partial charge < -0.3 is 19.4 Å². The number of aryl methyl sites for hydroxylation is 1. The van der Waals surface area contributed by atoms with Crippen LogP contribution >= 0.6 is 0 Å². The predicted molar refractivity (Wildman–Crippen MR) is 183 cm³/mol. The van der Waals surface area contributed by atoms with Crippen LogP contribution in [0.15, 0.2) is 72.0 Å². The van der Waals surface area contributed by atoms with Crippen molar-refractivity contribution in [2.24, 2.45) is 5.10 Å². The van der Waals surface area contributed by atoms with Gasteiger partial charge in [0.05, 0.1) is 43.4 Å². The number of unbranched alkanes of at least 4 members (excludes halogenated alkanes) is 3. The van der Waals surface area contributed by atoms with Gasteiger partial charge in [0.2, 0.25) is 0 Å². The van der Waals surface area contributed by atoms with Gasteiger partial charge >= 0.3 is 12.1 Å². The van der Waals surface area contributed by atoms with Gasteiger partial charge in [-0.3, -0.25) is 14.5 Å². The van der Waals surface area contributed by atoms with E-state index in [4.69, 9.17) is 14.5 Å². The zero-order valence-electron chi connectivity index (χ0n) is 27.3. The van der Waals surface area contributed by atoms with E-state index in [9.17, 15) is 14.4 Å². The maximum absolute atomic E-state index is 13.7. The topological polar surface area (TPSA) is 140 Å². The normalized spacial score (nSPS) is 11.0. The number of benzene rings is 2. The molecule has 2 N–H and O–H groups in total. The molecule has 2 aromatic carbocycles. The molecule has 0 aliphatic carbocycles. The maximum atomic E-state index is 13.7. The maximum Gasteiger partial charge on any atom is 0.427 e. The first-order valence-electron chi connectivity index (χ1n) is 16.1. The number of amides is 2. The Labute approximate surface area is 275 Å². The Morgan fingerprint density at radius 3 is 2.53 bits per heavy atom. The molecule has 0 spiro atoms. The first kappa shape index (κ1) is 34.6. The number of nitrogens with one attached hydrogen (secondary N) is 2. The van der Waals surface area contributed by atoms with Crippen molar-refractivity contribution in [1.29, 1.82) is 0 Å². The van der Waals surface area contributed by atoms with Crippen LogP contribution in [0.2, 0.25) is 0 Å². The number of rotatable bonds is 17. The summed E-state index contributed by atoms with van der Waals surface area (Å²) in [6.07, 6.45) is 6.81. The highest BCUT2D eigenvalue weighted by molar-refractivity contribution is 6.07. The summed E-state index contributed by atoms with van der Waals surface area (Å²) >= 11 is 0.